The van der Waals surface area contributed by atoms with E-state index in [1.165, 1.54) is 116 Å². The molecule has 2 unspecified atom stereocenters. The number of nitrogens with zero attached hydrogens (tertiary/aromatic N) is 1. The van der Waals surface area contributed by atoms with Gasteiger partial charge in [-0.2, -0.15) is 0 Å². The lowest BCUT2D eigenvalue weighted by Gasteiger charge is -2.31. The van der Waals surface area contributed by atoms with E-state index in [9.17, 15) is 19.5 Å². The number of carbonyl (C=O) groups excluding carboxylic acids is 2. The van der Waals surface area contributed by atoms with Crippen molar-refractivity contribution in [1.29, 1.82) is 0 Å². The second-order valence-electron chi connectivity index (χ2n) is 18.4. The van der Waals surface area contributed by atoms with E-state index >= 15 is 0 Å². The molecule has 0 aromatic rings. The largest absolute Gasteiger partial charge is 0.477 e. The molecule has 0 aliphatic carbocycles. The van der Waals surface area contributed by atoms with Crippen molar-refractivity contribution in [2.45, 2.75) is 225 Å². The van der Waals surface area contributed by atoms with Crippen LogP contribution in [0.5, 0.6) is 0 Å². The van der Waals surface area contributed by atoms with E-state index in [0.29, 0.717) is 19.3 Å². The maximum atomic E-state index is 12.8. The summed E-state index contributed by atoms with van der Waals surface area (Å²) in [6.07, 6.45) is 59.7. The molecule has 0 spiro atoms. The Bertz CT molecular complexity index is 1270. The standard InChI is InChI=1S/C56H97NO7/c1-6-8-10-12-14-16-18-20-22-24-25-26-27-28-29-31-33-35-37-39-41-43-45-47-55(59)64-52(50-62-49-48-53(56(60)61)57(3,4)5)51-63-54(58)46-44-42-40-38-36-34-32-30-23-21-19-17-15-13-11-9-7-2/h9,11,15,17,21,23,28-29,32,34,38,40,52-53H,6-8,10,12-14,16,18-20,22,24-27,30-31,33,35-37,39,41-51H2,1-5H3/p+1/b11-9+,17-15+,23-21+,29-28+,34-32+,40-38+. The number of hydrogen-bond acceptors (Lipinski definition) is 6. The summed E-state index contributed by atoms with van der Waals surface area (Å²) in [5, 5.41) is 9.65. The van der Waals surface area contributed by atoms with Gasteiger partial charge in [-0.25, -0.2) is 4.79 Å². The minimum Gasteiger partial charge on any atom is -0.477 e. The van der Waals surface area contributed by atoms with Crippen molar-refractivity contribution in [2.24, 2.45) is 0 Å². The molecule has 8 nitrogen and oxygen atoms in total. The van der Waals surface area contributed by atoms with E-state index in [1.807, 2.05) is 21.1 Å². The maximum Gasteiger partial charge on any atom is 0.362 e. The highest BCUT2D eigenvalue weighted by molar-refractivity contribution is 5.72. The van der Waals surface area contributed by atoms with Gasteiger partial charge in [0.15, 0.2) is 12.1 Å². The number of hydrogen-bond donors (Lipinski definition) is 1. The first-order valence-electron chi connectivity index (χ1n) is 26.0. The molecule has 0 aromatic carbocycles. The number of esters is 2. The summed E-state index contributed by atoms with van der Waals surface area (Å²) < 4.78 is 17.3. The van der Waals surface area contributed by atoms with Crippen molar-refractivity contribution in [2.75, 3.05) is 41.0 Å². The van der Waals surface area contributed by atoms with Gasteiger partial charge in [0.05, 0.1) is 34.4 Å². The predicted octanol–water partition coefficient (Wildman–Crippen LogP) is 15.1. The highest BCUT2D eigenvalue weighted by Gasteiger charge is 2.31. The monoisotopic (exact) mass is 897 g/mol. The van der Waals surface area contributed by atoms with Gasteiger partial charge in [0.2, 0.25) is 0 Å². The molecule has 0 radical (unpaired) electrons. The molecule has 0 rings (SSSR count). The second-order valence-corrected chi connectivity index (χ2v) is 18.4. The van der Waals surface area contributed by atoms with Crippen molar-refractivity contribution in [1.82, 2.24) is 0 Å². The van der Waals surface area contributed by atoms with Crippen molar-refractivity contribution in [3.63, 3.8) is 0 Å². The van der Waals surface area contributed by atoms with E-state index in [2.05, 4.69) is 86.8 Å². The van der Waals surface area contributed by atoms with Gasteiger partial charge in [-0.15, -0.1) is 0 Å². The number of carboxylic acid groups (broad SMARTS) is 1. The molecular formula is C56H98NO7+. The number of quaternary nitrogens is 1. The number of unbranched alkanes of at least 4 members (excludes halogenated alkanes) is 20. The average Bonchev–Trinajstić information content (AvgIpc) is 3.26. The van der Waals surface area contributed by atoms with Crippen LogP contribution in [0.1, 0.15) is 213 Å². The van der Waals surface area contributed by atoms with E-state index < -0.39 is 18.1 Å². The van der Waals surface area contributed by atoms with Crippen LogP contribution in [0.15, 0.2) is 72.9 Å². The second kappa shape index (κ2) is 46.3. The first kappa shape index (κ1) is 60.8. The quantitative estimate of drug-likeness (QED) is 0.0281. The van der Waals surface area contributed by atoms with Crippen LogP contribution in [-0.4, -0.2) is 80.6 Å². The van der Waals surface area contributed by atoms with E-state index in [0.717, 1.165) is 57.8 Å². The third-order valence-corrected chi connectivity index (χ3v) is 11.3. The van der Waals surface area contributed by atoms with E-state index in [-0.39, 0.29) is 42.7 Å². The molecular weight excluding hydrogens is 799 g/mol. The van der Waals surface area contributed by atoms with Gasteiger partial charge >= 0.3 is 17.9 Å². The Morgan fingerprint density at radius 1 is 0.484 bits per heavy atom. The van der Waals surface area contributed by atoms with Crippen LogP contribution in [0.25, 0.3) is 0 Å². The smallest absolute Gasteiger partial charge is 0.362 e. The van der Waals surface area contributed by atoms with Crippen molar-refractivity contribution in [3.05, 3.63) is 72.9 Å². The third kappa shape index (κ3) is 44.0. The molecule has 2 atom stereocenters. The molecule has 1 N–H and O–H groups in total. The van der Waals surface area contributed by atoms with Gasteiger partial charge in [-0.1, -0.05) is 189 Å². The number of carbonyl (C=O) groups is 3. The Balaban J connectivity index is 4.30. The summed E-state index contributed by atoms with van der Waals surface area (Å²) in [7, 11) is 5.51. The SMILES string of the molecule is CC/C=C/C/C=C/C/C=C/C/C=C/C/C=C/CCCC(=O)OCC(COCCC(C(=O)O)[N+](C)(C)C)OC(=O)CCCCCCCCC/C=C/CCCCCCCCCCCCCC. The summed E-state index contributed by atoms with van der Waals surface area (Å²) in [5.74, 6) is -1.55. The molecule has 8 heteroatoms. The Kier molecular flexibility index (Phi) is 44.0. The van der Waals surface area contributed by atoms with Crippen LogP contribution >= 0.6 is 0 Å². The minimum absolute atomic E-state index is 0.0388. The summed E-state index contributed by atoms with van der Waals surface area (Å²) in [6.45, 7) is 4.57. The highest BCUT2D eigenvalue weighted by Crippen LogP contribution is 2.15. The molecule has 0 fully saturated rings. The molecule has 0 amide bonds. The normalized spacial score (nSPS) is 13.5. The zero-order valence-corrected chi connectivity index (χ0v) is 42.0. The van der Waals surface area contributed by atoms with Gasteiger partial charge in [0.25, 0.3) is 0 Å². The fourth-order valence-electron chi connectivity index (χ4n) is 7.36. The number of aliphatic carboxylic acids is 1. The van der Waals surface area contributed by atoms with Crippen LogP contribution in [0.3, 0.4) is 0 Å². The fraction of sp³-hybridized carbons (Fsp3) is 0.732. The Hall–Kier alpha value is -3.23. The molecule has 0 saturated heterocycles. The maximum absolute atomic E-state index is 12.8. The van der Waals surface area contributed by atoms with Crippen LogP contribution in [0, 0.1) is 0 Å². The van der Waals surface area contributed by atoms with Gasteiger partial charge in [-0.05, 0) is 77.0 Å². The zero-order valence-electron chi connectivity index (χ0n) is 42.0. The molecule has 0 heterocycles. The number of likely N-dealkylation sites (N-methyl/N-ethyl adjacent to an activating group) is 1. The third-order valence-electron chi connectivity index (χ3n) is 11.3. The Labute approximate surface area is 393 Å². The van der Waals surface area contributed by atoms with E-state index in [4.69, 9.17) is 14.2 Å². The topological polar surface area (TPSA) is 99.1 Å². The van der Waals surface area contributed by atoms with E-state index in [1.54, 1.807) is 0 Å². The van der Waals surface area contributed by atoms with Crippen LogP contribution in [0.4, 0.5) is 0 Å². The fourth-order valence-corrected chi connectivity index (χ4v) is 7.36. The van der Waals surface area contributed by atoms with Crippen molar-refractivity contribution >= 4 is 17.9 Å². The van der Waals surface area contributed by atoms with Crippen molar-refractivity contribution < 1.29 is 38.2 Å². The first-order valence-corrected chi connectivity index (χ1v) is 26.0. The number of carboxylic acids is 1. The molecule has 0 saturated carbocycles. The molecule has 64 heavy (non-hydrogen) atoms. The summed E-state index contributed by atoms with van der Waals surface area (Å²) in [4.78, 5) is 37.1. The molecule has 0 aliphatic heterocycles. The molecule has 368 valence electrons. The Morgan fingerprint density at radius 3 is 1.36 bits per heavy atom. The lowest BCUT2D eigenvalue weighted by molar-refractivity contribution is -0.887. The first-order chi connectivity index (χ1) is 31.1. The summed E-state index contributed by atoms with van der Waals surface area (Å²) in [6, 6.07) is -0.627. The number of allylic oxidation sites excluding steroid dienone is 12. The van der Waals surface area contributed by atoms with Crippen LogP contribution in [0.2, 0.25) is 0 Å². The van der Waals surface area contributed by atoms with Gasteiger partial charge in [0.1, 0.15) is 6.61 Å². The zero-order chi connectivity index (χ0) is 47.0. The minimum atomic E-state index is -0.884. The highest BCUT2D eigenvalue weighted by atomic mass is 16.6. The summed E-state index contributed by atoms with van der Waals surface area (Å²) in [5.41, 5.74) is 0. The van der Waals surface area contributed by atoms with Crippen LogP contribution in [-0.2, 0) is 28.6 Å². The molecule has 0 aromatic heterocycles. The number of ether oxygens (including phenoxy) is 3. The lowest BCUT2D eigenvalue weighted by atomic mass is 10.0. The predicted molar refractivity (Wildman–Crippen MR) is 270 cm³/mol. The van der Waals surface area contributed by atoms with Crippen molar-refractivity contribution in [3.8, 4) is 0 Å². The van der Waals surface area contributed by atoms with Crippen LogP contribution < -0.4 is 0 Å². The molecule has 0 bridgehead atoms. The van der Waals surface area contributed by atoms with Gasteiger partial charge in [-0.3, -0.25) is 9.59 Å². The van der Waals surface area contributed by atoms with Gasteiger partial charge in [0, 0.05) is 19.3 Å². The number of rotatable bonds is 46. The lowest BCUT2D eigenvalue weighted by Crippen LogP contribution is -2.50. The Morgan fingerprint density at radius 2 is 0.891 bits per heavy atom. The summed E-state index contributed by atoms with van der Waals surface area (Å²) >= 11 is 0. The average molecular weight is 897 g/mol. The molecule has 0 aliphatic rings. The van der Waals surface area contributed by atoms with Gasteiger partial charge < -0.3 is 23.8 Å².